The predicted octanol–water partition coefficient (Wildman–Crippen LogP) is 5.19. The lowest BCUT2D eigenvalue weighted by Gasteiger charge is -2.36. The van der Waals surface area contributed by atoms with Gasteiger partial charge in [0.25, 0.3) is 21.8 Å². The number of sulfonamides is 1. The maximum absolute atomic E-state index is 14.3. The van der Waals surface area contributed by atoms with Gasteiger partial charge in [-0.05, 0) is 87.7 Å². The van der Waals surface area contributed by atoms with Gasteiger partial charge in [-0.2, -0.15) is 0 Å². The number of ether oxygens (including phenoxy) is 2. The van der Waals surface area contributed by atoms with Crippen LogP contribution in [0, 0.1) is 11.7 Å². The Labute approximate surface area is 276 Å². The highest BCUT2D eigenvalue weighted by molar-refractivity contribution is 7.92. The predicted molar refractivity (Wildman–Crippen MR) is 177 cm³/mol. The molecule has 0 radical (unpaired) electrons. The molecule has 0 aliphatic carbocycles. The number of likely N-dealkylation sites (N-methyl/N-ethyl adjacent to an activating group) is 1. The zero-order valence-electron chi connectivity index (χ0n) is 27.3. The van der Waals surface area contributed by atoms with Gasteiger partial charge in [-0.15, -0.1) is 0 Å². The first-order chi connectivity index (χ1) is 22.4. The van der Waals surface area contributed by atoms with Gasteiger partial charge < -0.3 is 24.4 Å². The molecule has 0 aromatic heterocycles. The summed E-state index contributed by atoms with van der Waals surface area (Å²) in [7, 11) is -2.37. The van der Waals surface area contributed by atoms with Gasteiger partial charge in [-0.3, -0.25) is 14.3 Å². The van der Waals surface area contributed by atoms with Crippen LogP contribution in [0.4, 0.5) is 10.1 Å². The van der Waals surface area contributed by atoms with Gasteiger partial charge >= 0.3 is 0 Å². The van der Waals surface area contributed by atoms with Crippen molar-refractivity contribution < 1.29 is 37.0 Å². The van der Waals surface area contributed by atoms with Gasteiger partial charge in [0.15, 0.2) is 0 Å². The zero-order chi connectivity index (χ0) is 34.1. The van der Waals surface area contributed by atoms with Crippen LogP contribution in [-0.2, 0) is 14.8 Å². The number of hydrogen-bond acceptors (Lipinski definition) is 7. The molecule has 3 aromatic rings. The van der Waals surface area contributed by atoms with Crippen LogP contribution in [0.15, 0.2) is 77.7 Å². The summed E-state index contributed by atoms with van der Waals surface area (Å²) in [5, 5.41) is 10.2. The van der Waals surface area contributed by atoms with Gasteiger partial charge in [-0.1, -0.05) is 25.1 Å². The van der Waals surface area contributed by atoms with Gasteiger partial charge in [0.2, 0.25) is 0 Å². The fraction of sp³-hybridized carbons (Fsp3) is 0.429. The van der Waals surface area contributed by atoms with Gasteiger partial charge in [0.05, 0.1) is 35.3 Å². The second-order valence-corrected chi connectivity index (χ2v) is 13.8. The molecule has 0 saturated heterocycles. The SMILES string of the molecule is C[C@@H]1CN([C@@H](C)CO)C(=O)c2cc(NS(=O)(=O)c3ccc(F)cc3)ccc2O[C@@H](C)CCCCO[C@@H]1CN(C)C(=O)c1ccccc1. The average Bonchev–Trinajstić information content (AvgIpc) is 3.06. The fourth-order valence-corrected chi connectivity index (χ4v) is 6.48. The molecule has 2 N–H and O–H groups in total. The van der Waals surface area contributed by atoms with Crippen molar-refractivity contribution in [2.45, 2.75) is 63.2 Å². The number of hydrogen-bond donors (Lipinski definition) is 2. The molecule has 1 heterocycles. The molecule has 4 rings (SSSR count). The molecule has 254 valence electrons. The second kappa shape index (κ2) is 16.2. The monoisotopic (exact) mass is 669 g/mol. The first-order valence-corrected chi connectivity index (χ1v) is 17.3. The largest absolute Gasteiger partial charge is 0.490 e. The number of rotatable bonds is 8. The molecule has 0 bridgehead atoms. The summed E-state index contributed by atoms with van der Waals surface area (Å²) in [5.41, 5.74) is 0.797. The summed E-state index contributed by atoms with van der Waals surface area (Å²) < 4.78 is 54.6. The van der Waals surface area contributed by atoms with E-state index < -0.39 is 33.9 Å². The Morgan fingerprint density at radius 2 is 1.79 bits per heavy atom. The molecule has 10 nitrogen and oxygen atoms in total. The molecule has 0 spiro atoms. The lowest BCUT2D eigenvalue weighted by atomic mass is 10.0. The van der Waals surface area contributed by atoms with Crippen LogP contribution in [0.3, 0.4) is 0 Å². The van der Waals surface area contributed by atoms with E-state index in [2.05, 4.69) is 4.72 Å². The molecule has 1 aliphatic heterocycles. The number of nitrogens with one attached hydrogen (secondary N) is 1. The van der Waals surface area contributed by atoms with E-state index in [-0.39, 0.29) is 59.5 Å². The first kappa shape index (κ1) is 35.8. The summed E-state index contributed by atoms with van der Waals surface area (Å²) >= 11 is 0. The molecular formula is C35H44FN3O7S. The minimum absolute atomic E-state index is 0.116. The van der Waals surface area contributed by atoms with Crippen LogP contribution in [0.2, 0.25) is 0 Å². The third kappa shape index (κ3) is 9.52. The Kier molecular flexibility index (Phi) is 12.4. The summed E-state index contributed by atoms with van der Waals surface area (Å²) in [6.07, 6.45) is 1.56. The maximum atomic E-state index is 14.3. The molecule has 47 heavy (non-hydrogen) atoms. The van der Waals surface area contributed by atoms with Crippen molar-refractivity contribution in [3.8, 4) is 5.75 Å². The minimum Gasteiger partial charge on any atom is -0.490 e. The van der Waals surface area contributed by atoms with E-state index in [0.29, 0.717) is 18.6 Å². The highest BCUT2D eigenvalue weighted by atomic mass is 32.2. The van der Waals surface area contributed by atoms with Crippen LogP contribution in [0.25, 0.3) is 0 Å². The molecule has 12 heteroatoms. The Morgan fingerprint density at radius 1 is 1.09 bits per heavy atom. The van der Waals surface area contributed by atoms with Crippen molar-refractivity contribution in [2.75, 3.05) is 38.1 Å². The number of aliphatic hydroxyl groups excluding tert-OH is 1. The molecule has 0 unspecified atom stereocenters. The standard InChI is InChI=1S/C35H44FN3O7S/c1-24-21-39(25(2)23-40)35(42)31-20-29(37-47(43,44)30-16-13-28(36)14-17-30)15-18-32(31)46-26(3)10-8-9-19-45-33(24)22-38(4)34(41)27-11-6-5-7-12-27/h5-7,11-18,20,24-26,33,37,40H,8-10,19,21-23H2,1-4H3/t24-,25+,26+,33-/m1/s1. The normalized spacial score (nSPS) is 20.3. The number of carbonyl (C=O) groups excluding carboxylic acids is 2. The summed E-state index contributed by atoms with van der Waals surface area (Å²) in [6.45, 7) is 6.17. The Morgan fingerprint density at radius 3 is 2.47 bits per heavy atom. The fourth-order valence-electron chi connectivity index (χ4n) is 5.43. The lowest BCUT2D eigenvalue weighted by Crippen LogP contribution is -2.48. The lowest BCUT2D eigenvalue weighted by molar-refractivity contribution is -0.0149. The molecule has 0 fully saturated rings. The van der Waals surface area contributed by atoms with Gasteiger partial charge in [0.1, 0.15) is 11.6 Å². The molecule has 0 saturated carbocycles. The topological polar surface area (TPSA) is 125 Å². The zero-order valence-corrected chi connectivity index (χ0v) is 28.1. The summed E-state index contributed by atoms with van der Waals surface area (Å²) in [5.74, 6) is -1.15. The van der Waals surface area contributed by atoms with Crippen LogP contribution < -0.4 is 9.46 Å². The minimum atomic E-state index is -4.09. The van der Waals surface area contributed by atoms with Gasteiger partial charge in [-0.25, -0.2) is 12.8 Å². The van der Waals surface area contributed by atoms with E-state index >= 15 is 0 Å². The average molecular weight is 670 g/mol. The van der Waals surface area contributed by atoms with Crippen molar-refractivity contribution in [3.05, 3.63) is 89.7 Å². The molecule has 4 atom stereocenters. The number of anilines is 1. The summed E-state index contributed by atoms with van der Waals surface area (Å²) in [6, 6.07) is 17.3. The van der Waals surface area contributed by atoms with E-state index in [1.165, 1.54) is 17.0 Å². The van der Waals surface area contributed by atoms with E-state index in [9.17, 15) is 27.5 Å². The third-order valence-electron chi connectivity index (χ3n) is 8.25. The highest BCUT2D eigenvalue weighted by Crippen LogP contribution is 2.29. The van der Waals surface area contributed by atoms with Crippen LogP contribution in [-0.4, -0.2) is 86.7 Å². The van der Waals surface area contributed by atoms with E-state index in [1.807, 2.05) is 32.0 Å². The number of amides is 2. The number of carbonyl (C=O) groups is 2. The van der Waals surface area contributed by atoms with E-state index in [1.54, 1.807) is 37.1 Å². The first-order valence-electron chi connectivity index (χ1n) is 15.8. The molecule has 3 aromatic carbocycles. The van der Waals surface area contributed by atoms with Crippen molar-refractivity contribution in [1.29, 1.82) is 0 Å². The molecular weight excluding hydrogens is 625 g/mol. The number of benzene rings is 3. The van der Waals surface area contributed by atoms with E-state index in [0.717, 1.165) is 37.1 Å². The van der Waals surface area contributed by atoms with Crippen molar-refractivity contribution in [1.82, 2.24) is 9.80 Å². The molecule has 1 aliphatic rings. The number of aliphatic hydroxyl groups is 1. The Hall–Kier alpha value is -4.00. The maximum Gasteiger partial charge on any atom is 0.261 e. The van der Waals surface area contributed by atoms with Crippen LogP contribution in [0.5, 0.6) is 5.75 Å². The molecule has 2 amide bonds. The van der Waals surface area contributed by atoms with E-state index in [4.69, 9.17) is 9.47 Å². The van der Waals surface area contributed by atoms with Gasteiger partial charge in [0, 0.05) is 43.9 Å². The van der Waals surface area contributed by atoms with Crippen LogP contribution >= 0.6 is 0 Å². The highest BCUT2D eigenvalue weighted by Gasteiger charge is 2.31. The van der Waals surface area contributed by atoms with Crippen molar-refractivity contribution in [3.63, 3.8) is 0 Å². The summed E-state index contributed by atoms with van der Waals surface area (Å²) in [4.78, 5) is 30.5. The Bertz CT molecular complexity index is 1610. The smallest absolute Gasteiger partial charge is 0.261 e. The second-order valence-electron chi connectivity index (χ2n) is 12.1. The number of fused-ring (bicyclic) bond motifs is 1. The number of halogens is 1. The quantitative estimate of drug-likeness (QED) is 0.338. The van der Waals surface area contributed by atoms with Crippen LogP contribution in [0.1, 0.15) is 60.7 Å². The third-order valence-corrected chi connectivity index (χ3v) is 9.65. The van der Waals surface area contributed by atoms with Crippen molar-refractivity contribution in [2.24, 2.45) is 5.92 Å². The van der Waals surface area contributed by atoms with Crippen molar-refractivity contribution >= 4 is 27.5 Å². The Balaban J connectivity index is 1.66. The number of nitrogens with zero attached hydrogens (tertiary/aromatic N) is 2.